The molecule has 2 N–H and O–H groups in total. The highest BCUT2D eigenvalue weighted by Gasteiger charge is 2.06. The molecule has 0 spiro atoms. The van der Waals surface area contributed by atoms with Crippen molar-refractivity contribution < 1.29 is 14.2 Å². The van der Waals surface area contributed by atoms with E-state index in [9.17, 15) is 4.39 Å². The number of ether oxygens (including phenoxy) is 1. The fraction of sp³-hybridized carbons (Fsp3) is 0.538. The first-order valence-corrected chi connectivity index (χ1v) is 5.83. The van der Waals surface area contributed by atoms with E-state index < -0.39 is 6.10 Å². The summed E-state index contributed by atoms with van der Waals surface area (Å²) in [5.74, 6) is -0.0747. The molecule has 1 aromatic rings. The summed E-state index contributed by atoms with van der Waals surface area (Å²) in [6.07, 6.45) is -0.438. The Hall–Kier alpha value is -1.13. The fourth-order valence-electron chi connectivity index (χ4n) is 1.43. The van der Waals surface area contributed by atoms with Gasteiger partial charge in [-0.3, -0.25) is 0 Å². The largest absolute Gasteiger partial charge is 0.488 e. The maximum atomic E-state index is 13.6. The van der Waals surface area contributed by atoms with Crippen LogP contribution in [0.1, 0.15) is 26.3 Å². The van der Waals surface area contributed by atoms with E-state index >= 15 is 0 Å². The molecule has 0 radical (unpaired) electrons. The lowest BCUT2D eigenvalue weighted by Gasteiger charge is -2.12. The Kier molecular flexibility index (Phi) is 5.38. The summed E-state index contributed by atoms with van der Waals surface area (Å²) in [6, 6.07) is 4.90. The van der Waals surface area contributed by atoms with Crippen molar-refractivity contribution in [2.24, 2.45) is 0 Å². The van der Waals surface area contributed by atoms with Crippen molar-refractivity contribution in [3.63, 3.8) is 0 Å². The van der Waals surface area contributed by atoms with Gasteiger partial charge >= 0.3 is 0 Å². The lowest BCUT2D eigenvalue weighted by molar-refractivity contribution is 0.191. The van der Waals surface area contributed by atoms with E-state index in [1.54, 1.807) is 13.0 Å². The molecule has 0 amide bonds. The molecule has 1 aromatic carbocycles. The highest BCUT2D eigenvalue weighted by Crippen LogP contribution is 2.19. The summed E-state index contributed by atoms with van der Waals surface area (Å²) in [6.45, 7) is 6.44. The van der Waals surface area contributed by atoms with Gasteiger partial charge in [0.05, 0.1) is 12.2 Å². The minimum atomic E-state index is -0.400. The second-order valence-electron chi connectivity index (χ2n) is 4.41. The third kappa shape index (κ3) is 5.15. The van der Waals surface area contributed by atoms with Crippen molar-refractivity contribution in [2.75, 3.05) is 6.54 Å². The van der Waals surface area contributed by atoms with Crippen molar-refractivity contribution in [3.05, 3.63) is 29.6 Å². The van der Waals surface area contributed by atoms with Gasteiger partial charge in [0.1, 0.15) is 0 Å². The molecule has 1 unspecified atom stereocenters. The van der Waals surface area contributed by atoms with Crippen LogP contribution >= 0.6 is 0 Å². The molecule has 0 saturated heterocycles. The van der Waals surface area contributed by atoms with Crippen LogP contribution in [0.15, 0.2) is 18.2 Å². The quantitative estimate of drug-likeness (QED) is 0.801. The third-order valence-electron chi connectivity index (χ3n) is 2.13. The van der Waals surface area contributed by atoms with Crippen LogP contribution in [0, 0.1) is 5.82 Å². The normalized spacial score (nSPS) is 12.8. The van der Waals surface area contributed by atoms with Gasteiger partial charge in [-0.25, -0.2) is 4.39 Å². The van der Waals surface area contributed by atoms with Gasteiger partial charge in [0.15, 0.2) is 11.6 Å². The predicted molar refractivity (Wildman–Crippen MR) is 65.6 cm³/mol. The van der Waals surface area contributed by atoms with Crippen molar-refractivity contribution in [2.45, 2.75) is 39.5 Å². The van der Waals surface area contributed by atoms with E-state index in [1.807, 2.05) is 19.9 Å². The molecular weight excluding hydrogens is 221 g/mol. The van der Waals surface area contributed by atoms with E-state index in [0.29, 0.717) is 13.1 Å². The van der Waals surface area contributed by atoms with E-state index in [2.05, 4.69) is 5.32 Å². The number of aliphatic hydroxyl groups is 1. The second-order valence-corrected chi connectivity index (χ2v) is 4.41. The first-order valence-electron chi connectivity index (χ1n) is 5.83. The fourth-order valence-corrected chi connectivity index (χ4v) is 1.43. The molecule has 17 heavy (non-hydrogen) atoms. The van der Waals surface area contributed by atoms with Crippen LogP contribution in [-0.2, 0) is 6.54 Å². The zero-order valence-corrected chi connectivity index (χ0v) is 10.5. The van der Waals surface area contributed by atoms with Crippen LogP contribution < -0.4 is 10.1 Å². The van der Waals surface area contributed by atoms with E-state index in [-0.39, 0.29) is 17.7 Å². The van der Waals surface area contributed by atoms with Gasteiger partial charge in [-0.2, -0.15) is 0 Å². The molecule has 0 aliphatic rings. The number of aliphatic hydroxyl groups excluding tert-OH is 1. The van der Waals surface area contributed by atoms with Gasteiger partial charge in [-0.15, -0.1) is 0 Å². The molecule has 96 valence electrons. The molecule has 0 aromatic heterocycles. The van der Waals surface area contributed by atoms with Gasteiger partial charge < -0.3 is 15.2 Å². The van der Waals surface area contributed by atoms with Crippen LogP contribution in [0.4, 0.5) is 4.39 Å². The third-order valence-corrected chi connectivity index (χ3v) is 2.13. The van der Waals surface area contributed by atoms with Gasteiger partial charge in [0.25, 0.3) is 0 Å². The molecule has 4 heteroatoms. The molecule has 0 aliphatic heterocycles. The van der Waals surface area contributed by atoms with Crippen LogP contribution in [0.2, 0.25) is 0 Å². The molecule has 1 atom stereocenters. The minimum Gasteiger partial charge on any atom is -0.488 e. The Labute approximate surface area is 102 Å². The summed E-state index contributed by atoms with van der Waals surface area (Å²) < 4.78 is 18.9. The molecule has 0 fully saturated rings. The van der Waals surface area contributed by atoms with Crippen molar-refractivity contribution in [3.8, 4) is 5.75 Å². The Morgan fingerprint density at radius 1 is 1.35 bits per heavy atom. The number of hydrogen-bond donors (Lipinski definition) is 2. The monoisotopic (exact) mass is 241 g/mol. The Bertz CT molecular complexity index is 353. The SMILES string of the molecule is CC(O)CNCc1ccc(OC(C)C)c(F)c1. The van der Waals surface area contributed by atoms with Crippen LogP contribution in [0.5, 0.6) is 5.75 Å². The van der Waals surface area contributed by atoms with Crippen molar-refractivity contribution in [1.82, 2.24) is 5.32 Å². The summed E-state index contributed by atoms with van der Waals surface area (Å²) in [5, 5.41) is 12.1. The van der Waals surface area contributed by atoms with Gasteiger partial charge in [-0.1, -0.05) is 6.07 Å². The lowest BCUT2D eigenvalue weighted by Crippen LogP contribution is -2.23. The topological polar surface area (TPSA) is 41.5 Å². The van der Waals surface area contributed by atoms with E-state index in [4.69, 9.17) is 9.84 Å². The van der Waals surface area contributed by atoms with Gasteiger partial charge in [0.2, 0.25) is 0 Å². The molecular formula is C13H20FNO2. The molecule has 1 rings (SSSR count). The van der Waals surface area contributed by atoms with Gasteiger partial charge in [0, 0.05) is 13.1 Å². The first-order chi connectivity index (χ1) is 7.99. The van der Waals surface area contributed by atoms with Crippen molar-refractivity contribution >= 4 is 0 Å². The van der Waals surface area contributed by atoms with E-state index in [1.165, 1.54) is 6.07 Å². The molecule has 0 bridgehead atoms. The summed E-state index contributed by atoms with van der Waals surface area (Å²) >= 11 is 0. The highest BCUT2D eigenvalue weighted by molar-refractivity contribution is 5.29. The van der Waals surface area contributed by atoms with Crippen molar-refractivity contribution in [1.29, 1.82) is 0 Å². The molecule has 0 heterocycles. The molecule has 0 aliphatic carbocycles. The summed E-state index contributed by atoms with van der Waals surface area (Å²) in [4.78, 5) is 0. The average molecular weight is 241 g/mol. The highest BCUT2D eigenvalue weighted by atomic mass is 19.1. The molecule has 0 saturated carbocycles. The zero-order chi connectivity index (χ0) is 12.8. The Morgan fingerprint density at radius 3 is 2.59 bits per heavy atom. The maximum Gasteiger partial charge on any atom is 0.165 e. The number of rotatable bonds is 6. The Balaban J connectivity index is 2.56. The number of halogens is 1. The second kappa shape index (κ2) is 6.57. The Morgan fingerprint density at radius 2 is 2.06 bits per heavy atom. The lowest BCUT2D eigenvalue weighted by atomic mass is 10.2. The average Bonchev–Trinajstić information content (AvgIpc) is 2.21. The van der Waals surface area contributed by atoms with Crippen LogP contribution in [0.3, 0.4) is 0 Å². The van der Waals surface area contributed by atoms with Crippen LogP contribution in [0.25, 0.3) is 0 Å². The minimum absolute atomic E-state index is 0.0382. The van der Waals surface area contributed by atoms with E-state index in [0.717, 1.165) is 5.56 Å². The first kappa shape index (κ1) is 13.9. The summed E-state index contributed by atoms with van der Waals surface area (Å²) in [5.41, 5.74) is 0.833. The predicted octanol–water partition coefficient (Wildman–Crippen LogP) is 2.08. The van der Waals surface area contributed by atoms with Crippen LogP contribution in [-0.4, -0.2) is 23.9 Å². The number of nitrogens with one attached hydrogen (secondary N) is 1. The standard InChI is InChI=1S/C13H20FNO2/c1-9(2)17-13-5-4-11(6-12(13)14)8-15-7-10(3)16/h4-6,9-10,15-16H,7-8H2,1-3H3. The number of hydrogen-bond acceptors (Lipinski definition) is 3. The maximum absolute atomic E-state index is 13.6. The summed E-state index contributed by atoms with van der Waals surface area (Å²) in [7, 11) is 0. The smallest absolute Gasteiger partial charge is 0.165 e. The van der Waals surface area contributed by atoms with Gasteiger partial charge in [-0.05, 0) is 38.5 Å². The molecule has 3 nitrogen and oxygen atoms in total. The number of benzene rings is 1. The zero-order valence-electron chi connectivity index (χ0n) is 10.5.